The van der Waals surface area contributed by atoms with Gasteiger partial charge in [0.2, 0.25) is 0 Å². The van der Waals surface area contributed by atoms with Crippen LogP contribution in [0.3, 0.4) is 0 Å². The molecule has 0 aliphatic rings. The zero-order valence-electron chi connectivity index (χ0n) is 11.8. The maximum Gasteiger partial charge on any atom is 0.269 e. The molecule has 2 aromatic carbocycles. The number of rotatable bonds is 3. The summed E-state index contributed by atoms with van der Waals surface area (Å²) in [7, 11) is 0. The number of anilines is 1. The van der Waals surface area contributed by atoms with Gasteiger partial charge in [0.25, 0.3) is 17.2 Å². The summed E-state index contributed by atoms with van der Waals surface area (Å²) in [6.45, 7) is 0. The van der Waals surface area contributed by atoms with Crippen LogP contribution in [0.15, 0.2) is 59.4 Å². The van der Waals surface area contributed by atoms with Crippen LogP contribution in [0.25, 0.3) is 10.9 Å². The normalized spacial score (nSPS) is 10.4. The number of pyridine rings is 1. The number of nitro benzene ring substituents is 1. The average molecular weight is 309 g/mol. The molecule has 1 heterocycles. The number of carbonyl (C=O) groups excluding carboxylic acids is 1. The second kappa shape index (κ2) is 5.72. The molecule has 7 heteroatoms. The highest BCUT2D eigenvalue weighted by Gasteiger charge is 2.13. The van der Waals surface area contributed by atoms with Crippen LogP contribution in [-0.2, 0) is 0 Å². The standard InChI is InChI=1S/C16H11N3O4/c20-15(17-11-5-7-12(8-6-11)19(22)23)13-9-10-3-1-2-4-14(10)18-16(13)21/h1-9H,(H,17,20)(H,18,21). The number of nitrogens with one attached hydrogen (secondary N) is 2. The second-order valence-corrected chi connectivity index (χ2v) is 4.86. The molecular weight excluding hydrogens is 298 g/mol. The van der Waals surface area contributed by atoms with E-state index < -0.39 is 16.4 Å². The van der Waals surface area contributed by atoms with Gasteiger partial charge in [0, 0.05) is 23.3 Å². The van der Waals surface area contributed by atoms with Gasteiger partial charge in [0.15, 0.2) is 0 Å². The number of hydrogen-bond donors (Lipinski definition) is 2. The lowest BCUT2D eigenvalue weighted by Gasteiger charge is -2.05. The molecule has 0 unspecified atom stereocenters. The number of nitro groups is 1. The Morgan fingerprint density at radius 2 is 1.78 bits per heavy atom. The minimum Gasteiger partial charge on any atom is -0.322 e. The Balaban J connectivity index is 1.89. The van der Waals surface area contributed by atoms with E-state index >= 15 is 0 Å². The first kappa shape index (κ1) is 14.5. The maximum atomic E-state index is 12.2. The molecule has 0 bridgehead atoms. The Bertz CT molecular complexity index is 961. The largest absolute Gasteiger partial charge is 0.322 e. The zero-order valence-corrected chi connectivity index (χ0v) is 11.8. The predicted molar refractivity (Wildman–Crippen MR) is 85.6 cm³/mol. The molecule has 23 heavy (non-hydrogen) atoms. The van der Waals surface area contributed by atoms with Crippen LogP contribution in [0, 0.1) is 10.1 Å². The summed E-state index contributed by atoms with van der Waals surface area (Å²) in [4.78, 5) is 36.9. The summed E-state index contributed by atoms with van der Waals surface area (Å²) < 4.78 is 0. The molecule has 0 fully saturated rings. The highest BCUT2D eigenvalue weighted by atomic mass is 16.6. The number of non-ortho nitro benzene ring substituents is 1. The Kier molecular flexibility index (Phi) is 3.60. The molecule has 3 rings (SSSR count). The van der Waals surface area contributed by atoms with Crippen molar-refractivity contribution in [2.24, 2.45) is 0 Å². The van der Waals surface area contributed by atoms with Crippen molar-refractivity contribution in [3.8, 4) is 0 Å². The third kappa shape index (κ3) is 2.93. The number of nitrogens with zero attached hydrogens (tertiary/aromatic N) is 1. The first-order valence-corrected chi connectivity index (χ1v) is 6.72. The van der Waals surface area contributed by atoms with Crippen LogP contribution >= 0.6 is 0 Å². The monoisotopic (exact) mass is 309 g/mol. The lowest BCUT2D eigenvalue weighted by atomic mass is 10.1. The Labute approximate surface area is 129 Å². The SMILES string of the molecule is O=C(Nc1ccc([N+](=O)[O-])cc1)c1cc2ccccc2[nH]c1=O. The van der Waals surface area contributed by atoms with E-state index in [2.05, 4.69) is 10.3 Å². The van der Waals surface area contributed by atoms with Gasteiger partial charge >= 0.3 is 0 Å². The van der Waals surface area contributed by atoms with Gasteiger partial charge in [-0.15, -0.1) is 0 Å². The molecular formula is C16H11N3O4. The Hall–Kier alpha value is -3.48. The molecule has 0 spiro atoms. The number of aromatic amines is 1. The zero-order chi connectivity index (χ0) is 16.4. The number of carbonyl (C=O) groups is 1. The lowest BCUT2D eigenvalue weighted by Crippen LogP contribution is -2.23. The molecule has 0 saturated heterocycles. The number of amides is 1. The Morgan fingerprint density at radius 1 is 1.09 bits per heavy atom. The fourth-order valence-electron chi connectivity index (χ4n) is 2.18. The van der Waals surface area contributed by atoms with E-state index in [1.807, 2.05) is 0 Å². The summed E-state index contributed by atoms with van der Waals surface area (Å²) in [6, 6.07) is 14.0. The smallest absolute Gasteiger partial charge is 0.269 e. The van der Waals surface area contributed by atoms with E-state index in [9.17, 15) is 19.7 Å². The van der Waals surface area contributed by atoms with Crippen LogP contribution in [-0.4, -0.2) is 15.8 Å². The van der Waals surface area contributed by atoms with E-state index in [1.54, 1.807) is 24.3 Å². The topological polar surface area (TPSA) is 105 Å². The number of benzene rings is 2. The number of hydrogen-bond acceptors (Lipinski definition) is 4. The molecule has 1 amide bonds. The number of H-pyrrole nitrogens is 1. The summed E-state index contributed by atoms with van der Waals surface area (Å²) in [5.41, 5.74) is 0.411. The first-order valence-electron chi connectivity index (χ1n) is 6.72. The van der Waals surface area contributed by atoms with Gasteiger partial charge in [-0.25, -0.2) is 0 Å². The summed E-state index contributed by atoms with van der Waals surface area (Å²) in [5, 5.41) is 13.9. The second-order valence-electron chi connectivity index (χ2n) is 4.86. The van der Waals surface area contributed by atoms with Crippen LogP contribution in [0.5, 0.6) is 0 Å². The molecule has 2 N–H and O–H groups in total. The molecule has 0 aliphatic heterocycles. The molecule has 7 nitrogen and oxygen atoms in total. The average Bonchev–Trinajstić information content (AvgIpc) is 2.54. The highest BCUT2D eigenvalue weighted by Crippen LogP contribution is 2.16. The molecule has 0 atom stereocenters. The minimum atomic E-state index is -0.578. The van der Waals surface area contributed by atoms with Gasteiger partial charge < -0.3 is 10.3 Å². The minimum absolute atomic E-state index is 0.0259. The summed E-state index contributed by atoms with van der Waals surface area (Å²) >= 11 is 0. The van der Waals surface area contributed by atoms with Crippen molar-refractivity contribution < 1.29 is 9.72 Å². The van der Waals surface area contributed by atoms with Crippen molar-refractivity contribution in [1.29, 1.82) is 0 Å². The number of aromatic nitrogens is 1. The van der Waals surface area contributed by atoms with Gasteiger partial charge in [-0.2, -0.15) is 0 Å². The van der Waals surface area contributed by atoms with E-state index in [-0.39, 0.29) is 11.3 Å². The fraction of sp³-hybridized carbons (Fsp3) is 0. The molecule has 0 saturated carbocycles. The lowest BCUT2D eigenvalue weighted by molar-refractivity contribution is -0.384. The molecule has 0 aliphatic carbocycles. The van der Waals surface area contributed by atoms with Crippen LogP contribution in [0.4, 0.5) is 11.4 Å². The van der Waals surface area contributed by atoms with Gasteiger partial charge in [-0.1, -0.05) is 18.2 Å². The summed E-state index contributed by atoms with van der Waals surface area (Å²) in [5.74, 6) is -0.578. The van der Waals surface area contributed by atoms with Gasteiger partial charge in [0.1, 0.15) is 5.56 Å². The summed E-state index contributed by atoms with van der Waals surface area (Å²) in [6.07, 6.45) is 0. The van der Waals surface area contributed by atoms with Gasteiger partial charge in [0.05, 0.1) is 4.92 Å². The quantitative estimate of drug-likeness (QED) is 0.573. The van der Waals surface area contributed by atoms with Crippen molar-refractivity contribution >= 4 is 28.2 Å². The van der Waals surface area contributed by atoms with Crippen LogP contribution < -0.4 is 10.9 Å². The van der Waals surface area contributed by atoms with Crippen molar-refractivity contribution in [2.75, 3.05) is 5.32 Å². The van der Waals surface area contributed by atoms with E-state index in [4.69, 9.17) is 0 Å². The molecule has 1 aromatic heterocycles. The van der Waals surface area contributed by atoms with Gasteiger partial charge in [-0.05, 0) is 29.7 Å². The van der Waals surface area contributed by atoms with Gasteiger partial charge in [-0.3, -0.25) is 19.7 Å². The molecule has 0 radical (unpaired) electrons. The van der Waals surface area contributed by atoms with Crippen LogP contribution in [0.1, 0.15) is 10.4 Å². The highest BCUT2D eigenvalue weighted by molar-refractivity contribution is 6.05. The van der Waals surface area contributed by atoms with E-state index in [1.165, 1.54) is 30.3 Å². The van der Waals surface area contributed by atoms with Crippen LogP contribution in [0.2, 0.25) is 0 Å². The third-order valence-electron chi connectivity index (χ3n) is 3.33. The first-order chi connectivity index (χ1) is 11.0. The third-order valence-corrected chi connectivity index (χ3v) is 3.33. The van der Waals surface area contributed by atoms with Crippen molar-refractivity contribution in [3.05, 3.63) is 80.6 Å². The molecule has 114 valence electrons. The van der Waals surface area contributed by atoms with E-state index in [0.29, 0.717) is 11.2 Å². The van der Waals surface area contributed by atoms with Crippen molar-refractivity contribution in [2.45, 2.75) is 0 Å². The fourth-order valence-corrected chi connectivity index (χ4v) is 2.18. The number of para-hydroxylation sites is 1. The van der Waals surface area contributed by atoms with Crippen molar-refractivity contribution in [3.63, 3.8) is 0 Å². The Morgan fingerprint density at radius 3 is 2.48 bits per heavy atom. The number of fused-ring (bicyclic) bond motifs is 1. The maximum absolute atomic E-state index is 12.2. The van der Waals surface area contributed by atoms with Crippen molar-refractivity contribution in [1.82, 2.24) is 4.98 Å². The predicted octanol–water partition coefficient (Wildman–Crippen LogP) is 2.69. The molecule has 3 aromatic rings. The van der Waals surface area contributed by atoms with E-state index in [0.717, 1.165) is 5.39 Å².